The van der Waals surface area contributed by atoms with Crippen LogP contribution in [0.25, 0.3) is 10.9 Å². The number of carbonyl (C=O) groups is 1. The lowest BCUT2D eigenvalue weighted by molar-refractivity contribution is -0.121. The maximum Gasteiger partial charge on any atom is 0.225 e. The topological polar surface area (TPSA) is 65.1 Å². The molecular weight excluding hydrogens is 324 g/mol. The molecule has 1 aromatic heterocycles. The summed E-state index contributed by atoms with van der Waals surface area (Å²) >= 11 is 5.98. The highest BCUT2D eigenvalue weighted by molar-refractivity contribution is 6.31. The maximum atomic E-state index is 12.5. The zero-order valence-electron chi connectivity index (χ0n) is 12.9. The van der Waals surface area contributed by atoms with Gasteiger partial charge in [-0.2, -0.15) is 0 Å². The van der Waals surface area contributed by atoms with Crippen molar-refractivity contribution in [3.05, 3.63) is 70.4 Å². The van der Waals surface area contributed by atoms with Gasteiger partial charge in [-0.15, -0.1) is 0 Å². The summed E-state index contributed by atoms with van der Waals surface area (Å²) in [6.45, 7) is 0. The molecule has 3 N–H and O–H groups in total. The van der Waals surface area contributed by atoms with Gasteiger partial charge in [0, 0.05) is 28.5 Å². The van der Waals surface area contributed by atoms with Crippen LogP contribution in [-0.2, 0) is 17.6 Å². The molecule has 4 rings (SSSR count). The van der Waals surface area contributed by atoms with Gasteiger partial charge in [0.05, 0.1) is 18.6 Å². The lowest BCUT2D eigenvalue weighted by Crippen LogP contribution is -2.34. The summed E-state index contributed by atoms with van der Waals surface area (Å²) in [4.78, 5) is 15.6. The Morgan fingerprint density at radius 2 is 2.12 bits per heavy atom. The zero-order chi connectivity index (χ0) is 16.7. The summed E-state index contributed by atoms with van der Waals surface area (Å²) in [5.41, 5.74) is 3.93. The van der Waals surface area contributed by atoms with Gasteiger partial charge in [-0.3, -0.25) is 4.79 Å². The molecular formula is C19H17ClN2O2. The van der Waals surface area contributed by atoms with Crippen molar-refractivity contribution in [2.75, 3.05) is 0 Å². The number of nitrogens with one attached hydrogen (secondary N) is 2. The van der Waals surface area contributed by atoms with Crippen LogP contribution in [-0.4, -0.2) is 22.1 Å². The third-order valence-corrected chi connectivity index (χ3v) is 4.84. The number of hydrogen-bond acceptors (Lipinski definition) is 2. The number of H-pyrrole nitrogens is 1. The van der Waals surface area contributed by atoms with Crippen molar-refractivity contribution in [3.8, 4) is 0 Å². The highest BCUT2D eigenvalue weighted by atomic mass is 35.5. The quantitative estimate of drug-likeness (QED) is 0.685. The lowest BCUT2D eigenvalue weighted by atomic mass is 10.1. The molecule has 1 aliphatic rings. The van der Waals surface area contributed by atoms with Crippen LogP contribution in [0.15, 0.2) is 48.7 Å². The predicted molar refractivity (Wildman–Crippen MR) is 94.0 cm³/mol. The van der Waals surface area contributed by atoms with Gasteiger partial charge in [0.15, 0.2) is 0 Å². The molecule has 122 valence electrons. The van der Waals surface area contributed by atoms with Gasteiger partial charge in [-0.1, -0.05) is 41.9 Å². The number of benzene rings is 2. The molecule has 2 aromatic carbocycles. The van der Waals surface area contributed by atoms with Crippen LogP contribution in [0.4, 0.5) is 0 Å². The van der Waals surface area contributed by atoms with Crippen molar-refractivity contribution in [2.24, 2.45) is 0 Å². The first-order valence-electron chi connectivity index (χ1n) is 7.92. The van der Waals surface area contributed by atoms with Crippen LogP contribution in [0.2, 0.25) is 5.02 Å². The minimum absolute atomic E-state index is 0.105. The number of fused-ring (bicyclic) bond motifs is 2. The summed E-state index contributed by atoms with van der Waals surface area (Å²) in [5, 5.41) is 14.9. The number of amides is 1. The van der Waals surface area contributed by atoms with E-state index in [1.165, 1.54) is 0 Å². The van der Waals surface area contributed by atoms with Crippen molar-refractivity contribution >= 4 is 28.4 Å². The molecule has 0 spiro atoms. The minimum Gasteiger partial charge on any atom is -0.390 e. The Kier molecular flexibility index (Phi) is 3.79. The van der Waals surface area contributed by atoms with Crippen molar-refractivity contribution in [1.82, 2.24) is 10.3 Å². The molecule has 24 heavy (non-hydrogen) atoms. The first-order chi connectivity index (χ1) is 11.6. The number of rotatable bonds is 3. The van der Waals surface area contributed by atoms with E-state index in [-0.39, 0.29) is 18.4 Å². The van der Waals surface area contributed by atoms with Crippen molar-refractivity contribution in [2.45, 2.75) is 25.0 Å². The molecule has 0 aliphatic heterocycles. The molecule has 1 heterocycles. The third-order valence-electron chi connectivity index (χ3n) is 4.60. The van der Waals surface area contributed by atoms with Gasteiger partial charge in [-0.25, -0.2) is 0 Å². The second-order valence-electron chi connectivity index (χ2n) is 6.20. The Balaban J connectivity index is 1.52. The van der Waals surface area contributed by atoms with Gasteiger partial charge >= 0.3 is 0 Å². The highest BCUT2D eigenvalue weighted by Crippen LogP contribution is 2.31. The summed E-state index contributed by atoms with van der Waals surface area (Å²) < 4.78 is 0. The van der Waals surface area contributed by atoms with Crippen LogP contribution in [0.1, 0.15) is 22.7 Å². The predicted octanol–water partition coefficient (Wildman–Crippen LogP) is 3.14. The normalized spacial score (nSPS) is 19.4. The van der Waals surface area contributed by atoms with Gasteiger partial charge < -0.3 is 15.4 Å². The largest absolute Gasteiger partial charge is 0.390 e. The summed E-state index contributed by atoms with van der Waals surface area (Å²) in [7, 11) is 0. The Labute approximate surface area is 144 Å². The number of carbonyl (C=O) groups excluding carboxylic acids is 1. The molecule has 3 aromatic rings. The Bertz CT molecular complexity index is 919. The molecule has 1 amide bonds. The van der Waals surface area contributed by atoms with Crippen LogP contribution < -0.4 is 5.32 Å². The van der Waals surface area contributed by atoms with Crippen molar-refractivity contribution < 1.29 is 9.90 Å². The molecule has 0 bridgehead atoms. The first kappa shape index (κ1) is 15.2. The van der Waals surface area contributed by atoms with E-state index in [9.17, 15) is 9.90 Å². The fourth-order valence-electron chi connectivity index (χ4n) is 3.45. The van der Waals surface area contributed by atoms with E-state index in [0.717, 1.165) is 27.6 Å². The lowest BCUT2D eigenvalue weighted by Gasteiger charge is -2.17. The van der Waals surface area contributed by atoms with Gasteiger partial charge in [0.2, 0.25) is 5.91 Å². The monoisotopic (exact) mass is 340 g/mol. The smallest absolute Gasteiger partial charge is 0.225 e. The molecule has 2 atom stereocenters. The van der Waals surface area contributed by atoms with Crippen molar-refractivity contribution in [1.29, 1.82) is 0 Å². The number of hydrogen-bond donors (Lipinski definition) is 3. The highest BCUT2D eigenvalue weighted by Gasteiger charge is 2.31. The fraction of sp³-hybridized carbons (Fsp3) is 0.211. The molecule has 5 heteroatoms. The average molecular weight is 341 g/mol. The minimum atomic E-state index is -0.576. The summed E-state index contributed by atoms with van der Waals surface area (Å²) in [6, 6.07) is 13.1. The van der Waals surface area contributed by atoms with E-state index in [1.54, 1.807) is 0 Å². The zero-order valence-corrected chi connectivity index (χ0v) is 13.7. The molecule has 0 fully saturated rings. The van der Waals surface area contributed by atoms with Crippen LogP contribution in [0, 0.1) is 0 Å². The second kappa shape index (κ2) is 5.96. The van der Waals surface area contributed by atoms with E-state index in [4.69, 9.17) is 11.6 Å². The van der Waals surface area contributed by atoms with E-state index < -0.39 is 6.10 Å². The number of aliphatic hydroxyl groups excluding tert-OH is 1. The number of aliphatic hydroxyl groups is 1. The number of aromatic nitrogens is 1. The summed E-state index contributed by atoms with van der Waals surface area (Å²) in [5.74, 6) is -0.105. The fourth-order valence-corrected chi connectivity index (χ4v) is 3.62. The molecule has 0 saturated carbocycles. The van der Waals surface area contributed by atoms with Crippen LogP contribution in [0.3, 0.4) is 0 Å². The first-order valence-corrected chi connectivity index (χ1v) is 8.30. The van der Waals surface area contributed by atoms with Crippen molar-refractivity contribution in [3.63, 3.8) is 0 Å². The maximum absolute atomic E-state index is 12.5. The Hall–Kier alpha value is -2.30. The third kappa shape index (κ3) is 2.68. The molecule has 0 radical (unpaired) electrons. The van der Waals surface area contributed by atoms with Crippen LogP contribution >= 0.6 is 11.6 Å². The van der Waals surface area contributed by atoms with E-state index in [1.807, 2.05) is 48.7 Å². The van der Waals surface area contributed by atoms with E-state index in [2.05, 4.69) is 10.3 Å². The second-order valence-corrected chi connectivity index (χ2v) is 6.63. The van der Waals surface area contributed by atoms with Crippen LogP contribution in [0.5, 0.6) is 0 Å². The van der Waals surface area contributed by atoms with E-state index in [0.29, 0.717) is 11.4 Å². The summed E-state index contributed by atoms with van der Waals surface area (Å²) in [6.07, 6.45) is 2.09. The average Bonchev–Trinajstić information content (AvgIpc) is 3.09. The van der Waals surface area contributed by atoms with Gasteiger partial charge in [0.25, 0.3) is 0 Å². The Morgan fingerprint density at radius 3 is 3.00 bits per heavy atom. The molecule has 4 nitrogen and oxygen atoms in total. The van der Waals surface area contributed by atoms with E-state index >= 15 is 0 Å². The van der Waals surface area contributed by atoms with Gasteiger partial charge in [0.1, 0.15) is 0 Å². The SMILES string of the molecule is O=C(Cc1c[nH]c2cc(Cl)ccc12)NC1c2ccccc2CC1O. The molecule has 0 saturated heterocycles. The molecule has 2 unspecified atom stereocenters. The number of halogens is 1. The van der Waals surface area contributed by atoms with Gasteiger partial charge in [-0.05, 0) is 28.8 Å². The Morgan fingerprint density at radius 1 is 1.29 bits per heavy atom. The number of aromatic amines is 1. The molecule has 1 aliphatic carbocycles. The standard InChI is InChI=1S/C19H17ClN2O2/c20-13-5-6-14-12(10-21-16(14)9-13)8-18(24)22-19-15-4-2-1-3-11(15)7-17(19)23/h1-6,9-10,17,19,21,23H,7-8H2,(H,22,24).